The molecule has 126 valence electrons. The largest absolute Gasteiger partial charge is 0.497 e. The van der Waals surface area contributed by atoms with Crippen LogP contribution in [0.3, 0.4) is 0 Å². The van der Waals surface area contributed by atoms with Gasteiger partial charge in [-0.2, -0.15) is 0 Å². The molecule has 6 heteroatoms. The van der Waals surface area contributed by atoms with E-state index in [1.807, 2.05) is 53.9 Å². The summed E-state index contributed by atoms with van der Waals surface area (Å²) in [6.07, 6.45) is 3.20. The van der Waals surface area contributed by atoms with E-state index < -0.39 is 0 Å². The quantitative estimate of drug-likeness (QED) is 0.537. The van der Waals surface area contributed by atoms with Gasteiger partial charge in [0.1, 0.15) is 5.75 Å². The lowest BCUT2D eigenvalue weighted by Crippen LogP contribution is -2.07. The fourth-order valence-corrected chi connectivity index (χ4v) is 2.95. The van der Waals surface area contributed by atoms with Crippen molar-refractivity contribution >= 4 is 34.1 Å². The maximum Gasteiger partial charge on any atom is 0.250 e. The molecule has 0 saturated heterocycles. The summed E-state index contributed by atoms with van der Waals surface area (Å²) in [7, 11) is 1.61. The van der Waals surface area contributed by atoms with E-state index >= 15 is 0 Å². The number of hydrogen-bond acceptors (Lipinski definition) is 5. The Morgan fingerprint density at radius 3 is 2.88 bits per heavy atom. The molecule has 0 unspecified atom stereocenters. The van der Waals surface area contributed by atoms with Crippen LogP contribution in [0.4, 0.5) is 10.8 Å². The standard InChI is InChI=1S/C19H17N3O2S/c1-24-16-7-2-4-13(10-16)8-9-18(23)22-19-21-17(12-25-19)14-5-3-6-15(20)11-14/h2-12H,20H2,1H3,(H,21,22,23)/b9-8+. The van der Waals surface area contributed by atoms with Crippen molar-refractivity contribution in [3.63, 3.8) is 0 Å². The number of rotatable bonds is 5. The summed E-state index contributed by atoms with van der Waals surface area (Å²) < 4.78 is 5.16. The number of anilines is 2. The molecule has 0 radical (unpaired) electrons. The molecule has 1 heterocycles. The molecule has 0 aliphatic heterocycles. The molecule has 0 aliphatic carbocycles. The monoisotopic (exact) mass is 351 g/mol. The van der Waals surface area contributed by atoms with Gasteiger partial charge in [-0.15, -0.1) is 11.3 Å². The van der Waals surface area contributed by atoms with Gasteiger partial charge in [0.2, 0.25) is 5.91 Å². The highest BCUT2D eigenvalue weighted by molar-refractivity contribution is 7.14. The lowest BCUT2D eigenvalue weighted by Gasteiger charge is -2.00. The van der Waals surface area contributed by atoms with E-state index in [1.54, 1.807) is 13.2 Å². The molecule has 0 bridgehead atoms. The van der Waals surface area contributed by atoms with Crippen molar-refractivity contribution in [1.82, 2.24) is 4.98 Å². The van der Waals surface area contributed by atoms with Crippen molar-refractivity contribution in [2.75, 3.05) is 18.2 Å². The van der Waals surface area contributed by atoms with Gasteiger partial charge in [-0.05, 0) is 35.9 Å². The minimum absolute atomic E-state index is 0.240. The van der Waals surface area contributed by atoms with Crippen LogP contribution in [-0.2, 0) is 4.79 Å². The number of hydrogen-bond donors (Lipinski definition) is 2. The molecule has 0 fully saturated rings. The maximum absolute atomic E-state index is 12.1. The van der Waals surface area contributed by atoms with Gasteiger partial charge in [0.15, 0.2) is 5.13 Å². The summed E-state index contributed by atoms with van der Waals surface area (Å²) in [5, 5.41) is 5.19. The Hall–Kier alpha value is -3.12. The number of carbonyl (C=O) groups is 1. The number of benzene rings is 2. The normalized spacial score (nSPS) is 10.8. The first-order valence-electron chi connectivity index (χ1n) is 7.58. The van der Waals surface area contributed by atoms with Crippen LogP contribution in [0.2, 0.25) is 0 Å². The Balaban J connectivity index is 1.66. The molecular weight excluding hydrogens is 334 g/mol. The van der Waals surface area contributed by atoms with Crippen molar-refractivity contribution in [3.05, 3.63) is 65.6 Å². The fraction of sp³-hybridized carbons (Fsp3) is 0.0526. The molecule has 25 heavy (non-hydrogen) atoms. The predicted octanol–water partition coefficient (Wildman–Crippen LogP) is 4.05. The Morgan fingerprint density at radius 2 is 2.08 bits per heavy atom. The minimum Gasteiger partial charge on any atom is -0.497 e. The summed E-state index contributed by atoms with van der Waals surface area (Å²) >= 11 is 1.37. The van der Waals surface area contributed by atoms with Gasteiger partial charge < -0.3 is 10.5 Å². The molecule has 0 aliphatic rings. The van der Waals surface area contributed by atoms with Gasteiger partial charge in [-0.25, -0.2) is 4.98 Å². The molecule has 0 atom stereocenters. The molecule has 1 aromatic heterocycles. The molecule has 0 spiro atoms. The highest BCUT2D eigenvalue weighted by atomic mass is 32.1. The van der Waals surface area contributed by atoms with Crippen LogP contribution in [0.1, 0.15) is 5.56 Å². The molecule has 3 N–H and O–H groups in total. The maximum atomic E-state index is 12.1. The smallest absolute Gasteiger partial charge is 0.250 e. The van der Waals surface area contributed by atoms with Crippen molar-refractivity contribution in [3.8, 4) is 17.0 Å². The summed E-state index contributed by atoms with van der Waals surface area (Å²) in [5.74, 6) is 0.505. The van der Waals surface area contributed by atoms with E-state index in [1.165, 1.54) is 17.4 Å². The second kappa shape index (κ2) is 7.63. The second-order valence-electron chi connectivity index (χ2n) is 5.26. The first-order valence-corrected chi connectivity index (χ1v) is 8.46. The van der Waals surface area contributed by atoms with Gasteiger partial charge in [-0.1, -0.05) is 24.3 Å². The van der Waals surface area contributed by atoms with Gasteiger partial charge in [-0.3, -0.25) is 10.1 Å². The van der Waals surface area contributed by atoms with Crippen LogP contribution in [0, 0.1) is 0 Å². The topological polar surface area (TPSA) is 77.2 Å². The lowest BCUT2D eigenvalue weighted by atomic mass is 10.1. The summed E-state index contributed by atoms with van der Waals surface area (Å²) in [6.45, 7) is 0. The third kappa shape index (κ3) is 4.45. The summed E-state index contributed by atoms with van der Waals surface area (Å²) in [4.78, 5) is 16.5. The number of thiazole rings is 1. The van der Waals surface area contributed by atoms with Crippen LogP contribution in [0.25, 0.3) is 17.3 Å². The van der Waals surface area contributed by atoms with Gasteiger partial charge in [0, 0.05) is 22.7 Å². The van der Waals surface area contributed by atoms with Crippen molar-refractivity contribution < 1.29 is 9.53 Å². The van der Waals surface area contributed by atoms with Crippen LogP contribution >= 0.6 is 11.3 Å². The Morgan fingerprint density at radius 1 is 1.24 bits per heavy atom. The molecule has 1 amide bonds. The van der Waals surface area contributed by atoms with E-state index in [4.69, 9.17) is 10.5 Å². The summed E-state index contributed by atoms with van der Waals surface area (Å²) in [5.41, 5.74) is 9.05. The molecule has 0 saturated carbocycles. The van der Waals surface area contributed by atoms with E-state index in [0.29, 0.717) is 10.8 Å². The highest BCUT2D eigenvalue weighted by Gasteiger charge is 2.06. The Bertz CT molecular complexity index is 918. The number of aromatic nitrogens is 1. The molecule has 3 aromatic rings. The first kappa shape index (κ1) is 16.7. The number of carbonyl (C=O) groups excluding carboxylic acids is 1. The minimum atomic E-state index is -0.240. The van der Waals surface area contributed by atoms with Crippen molar-refractivity contribution in [2.45, 2.75) is 0 Å². The van der Waals surface area contributed by atoms with E-state index in [9.17, 15) is 4.79 Å². The number of nitrogens with one attached hydrogen (secondary N) is 1. The third-order valence-corrected chi connectivity index (χ3v) is 4.20. The van der Waals surface area contributed by atoms with Crippen LogP contribution in [0.5, 0.6) is 5.75 Å². The SMILES string of the molecule is COc1cccc(/C=C/C(=O)Nc2nc(-c3cccc(N)c3)cs2)c1. The number of amides is 1. The van der Waals surface area contributed by atoms with E-state index in [2.05, 4.69) is 10.3 Å². The van der Waals surface area contributed by atoms with Gasteiger partial charge in [0.25, 0.3) is 0 Å². The fourth-order valence-electron chi connectivity index (χ4n) is 2.23. The summed E-state index contributed by atoms with van der Waals surface area (Å²) in [6, 6.07) is 14.9. The molecular formula is C19H17N3O2S. The zero-order chi connectivity index (χ0) is 17.6. The highest BCUT2D eigenvalue weighted by Crippen LogP contribution is 2.26. The van der Waals surface area contributed by atoms with Crippen molar-refractivity contribution in [1.29, 1.82) is 0 Å². The Kier molecular flexibility index (Phi) is 5.11. The van der Waals surface area contributed by atoms with E-state index in [-0.39, 0.29) is 5.91 Å². The Labute approximate surface area is 149 Å². The number of ether oxygens (including phenoxy) is 1. The molecule has 2 aromatic carbocycles. The predicted molar refractivity (Wildman–Crippen MR) is 103 cm³/mol. The number of nitrogens with two attached hydrogens (primary N) is 1. The van der Waals surface area contributed by atoms with Crippen LogP contribution in [0.15, 0.2) is 60.0 Å². The zero-order valence-electron chi connectivity index (χ0n) is 13.6. The first-order chi connectivity index (χ1) is 12.1. The lowest BCUT2D eigenvalue weighted by molar-refractivity contribution is -0.111. The van der Waals surface area contributed by atoms with Gasteiger partial charge >= 0.3 is 0 Å². The molecule has 3 rings (SSSR count). The number of methoxy groups -OCH3 is 1. The van der Waals surface area contributed by atoms with Crippen LogP contribution in [-0.4, -0.2) is 18.0 Å². The average molecular weight is 351 g/mol. The average Bonchev–Trinajstić information content (AvgIpc) is 3.08. The number of nitrogens with zero attached hydrogens (tertiary/aromatic N) is 1. The zero-order valence-corrected chi connectivity index (χ0v) is 14.4. The van der Waals surface area contributed by atoms with Gasteiger partial charge in [0.05, 0.1) is 12.8 Å². The third-order valence-electron chi connectivity index (χ3n) is 3.44. The molecule has 5 nitrogen and oxygen atoms in total. The van der Waals surface area contributed by atoms with E-state index in [0.717, 1.165) is 22.6 Å². The number of nitrogen functional groups attached to an aromatic ring is 1. The second-order valence-corrected chi connectivity index (χ2v) is 6.12. The van der Waals surface area contributed by atoms with Crippen LogP contribution < -0.4 is 15.8 Å². The van der Waals surface area contributed by atoms with Crippen molar-refractivity contribution in [2.24, 2.45) is 0 Å².